The standard InChI is InChI=1S/C21H18ClNOS/c1-15-5-4-6-17(13-15)21(24)23-19-7-2-3-8-20(19)25-14-16-9-11-18(22)12-10-16/h2-13H,14H2,1H3,(H,23,24). The van der Waals surface area contributed by atoms with E-state index in [1.807, 2.05) is 79.7 Å². The van der Waals surface area contributed by atoms with Gasteiger partial charge in [-0.05, 0) is 48.9 Å². The number of thioether (sulfide) groups is 1. The smallest absolute Gasteiger partial charge is 0.255 e. The van der Waals surface area contributed by atoms with Crippen molar-refractivity contribution in [1.29, 1.82) is 0 Å². The molecule has 3 aromatic rings. The molecule has 0 bridgehead atoms. The fourth-order valence-corrected chi connectivity index (χ4v) is 3.51. The van der Waals surface area contributed by atoms with E-state index in [2.05, 4.69) is 5.32 Å². The van der Waals surface area contributed by atoms with Gasteiger partial charge in [0.15, 0.2) is 0 Å². The molecule has 3 aromatic carbocycles. The normalized spacial score (nSPS) is 10.5. The van der Waals surface area contributed by atoms with Gasteiger partial charge in [-0.1, -0.05) is 53.6 Å². The van der Waals surface area contributed by atoms with Gasteiger partial charge < -0.3 is 5.32 Å². The number of carbonyl (C=O) groups excluding carboxylic acids is 1. The van der Waals surface area contributed by atoms with Gasteiger partial charge in [0.25, 0.3) is 5.91 Å². The first kappa shape index (κ1) is 17.6. The van der Waals surface area contributed by atoms with E-state index < -0.39 is 0 Å². The van der Waals surface area contributed by atoms with Gasteiger partial charge in [0.2, 0.25) is 0 Å². The zero-order valence-electron chi connectivity index (χ0n) is 13.8. The average Bonchev–Trinajstić information content (AvgIpc) is 2.62. The summed E-state index contributed by atoms with van der Waals surface area (Å²) in [4.78, 5) is 13.5. The van der Waals surface area contributed by atoms with Crippen LogP contribution in [0.4, 0.5) is 5.69 Å². The summed E-state index contributed by atoms with van der Waals surface area (Å²) in [6.45, 7) is 1.98. The van der Waals surface area contributed by atoms with Gasteiger partial charge in [0.05, 0.1) is 5.69 Å². The Morgan fingerprint density at radius 3 is 2.52 bits per heavy atom. The number of hydrogen-bond acceptors (Lipinski definition) is 2. The average molecular weight is 368 g/mol. The largest absolute Gasteiger partial charge is 0.321 e. The van der Waals surface area contributed by atoms with Crippen LogP contribution in [-0.2, 0) is 5.75 Å². The van der Waals surface area contributed by atoms with E-state index in [4.69, 9.17) is 11.6 Å². The molecule has 0 aliphatic heterocycles. The number of halogens is 1. The quantitative estimate of drug-likeness (QED) is 0.544. The Morgan fingerprint density at radius 1 is 1.00 bits per heavy atom. The highest BCUT2D eigenvalue weighted by Gasteiger charge is 2.09. The first-order valence-corrected chi connectivity index (χ1v) is 9.32. The van der Waals surface area contributed by atoms with Crippen LogP contribution in [0.5, 0.6) is 0 Å². The summed E-state index contributed by atoms with van der Waals surface area (Å²) in [5.74, 6) is 0.720. The molecule has 4 heteroatoms. The molecular weight excluding hydrogens is 350 g/mol. The number of hydrogen-bond donors (Lipinski definition) is 1. The molecule has 2 nitrogen and oxygen atoms in total. The Morgan fingerprint density at radius 2 is 1.76 bits per heavy atom. The van der Waals surface area contributed by atoms with Crippen LogP contribution in [0.3, 0.4) is 0 Å². The number of para-hydroxylation sites is 1. The first-order valence-electron chi connectivity index (χ1n) is 7.96. The van der Waals surface area contributed by atoms with E-state index in [1.165, 1.54) is 5.56 Å². The molecule has 0 aromatic heterocycles. The van der Waals surface area contributed by atoms with E-state index >= 15 is 0 Å². The third-order valence-electron chi connectivity index (χ3n) is 3.72. The lowest BCUT2D eigenvalue weighted by Crippen LogP contribution is -2.12. The number of amides is 1. The summed E-state index contributed by atoms with van der Waals surface area (Å²) in [7, 11) is 0. The van der Waals surface area contributed by atoms with Crippen LogP contribution >= 0.6 is 23.4 Å². The molecule has 3 rings (SSSR count). The molecule has 0 atom stereocenters. The van der Waals surface area contributed by atoms with E-state index in [0.717, 1.165) is 26.9 Å². The molecule has 0 aliphatic carbocycles. The Hall–Kier alpha value is -2.23. The van der Waals surface area contributed by atoms with Crippen LogP contribution in [0.25, 0.3) is 0 Å². The minimum atomic E-state index is -0.0942. The lowest BCUT2D eigenvalue weighted by atomic mass is 10.1. The Kier molecular flexibility index (Phi) is 5.79. The predicted molar refractivity (Wildman–Crippen MR) is 107 cm³/mol. The van der Waals surface area contributed by atoms with Crippen molar-refractivity contribution in [3.8, 4) is 0 Å². The molecule has 1 amide bonds. The molecule has 0 saturated heterocycles. The van der Waals surface area contributed by atoms with E-state index in [1.54, 1.807) is 11.8 Å². The topological polar surface area (TPSA) is 29.1 Å². The Balaban J connectivity index is 1.72. The molecular formula is C21H18ClNOS. The Labute approximate surface area is 157 Å². The van der Waals surface area contributed by atoms with Gasteiger partial charge in [-0.2, -0.15) is 0 Å². The highest BCUT2D eigenvalue weighted by molar-refractivity contribution is 7.98. The Bertz CT molecular complexity index is 877. The van der Waals surface area contributed by atoms with Gasteiger partial charge in [-0.3, -0.25) is 4.79 Å². The van der Waals surface area contributed by atoms with Gasteiger partial charge in [0.1, 0.15) is 0 Å². The van der Waals surface area contributed by atoms with Crippen molar-refractivity contribution in [2.24, 2.45) is 0 Å². The summed E-state index contributed by atoms with van der Waals surface area (Å²) >= 11 is 7.61. The fourth-order valence-electron chi connectivity index (χ4n) is 2.42. The maximum atomic E-state index is 12.5. The van der Waals surface area contributed by atoms with Gasteiger partial charge in [-0.25, -0.2) is 0 Å². The number of aryl methyl sites for hydroxylation is 1. The third kappa shape index (κ3) is 4.88. The molecule has 0 aliphatic rings. The van der Waals surface area contributed by atoms with Gasteiger partial charge >= 0.3 is 0 Å². The van der Waals surface area contributed by atoms with Crippen LogP contribution in [0.2, 0.25) is 5.02 Å². The minimum Gasteiger partial charge on any atom is -0.321 e. The lowest BCUT2D eigenvalue weighted by molar-refractivity contribution is 0.102. The van der Waals surface area contributed by atoms with Crippen molar-refractivity contribution < 1.29 is 4.79 Å². The maximum Gasteiger partial charge on any atom is 0.255 e. The molecule has 0 radical (unpaired) electrons. The third-order valence-corrected chi connectivity index (χ3v) is 5.12. The molecule has 0 unspecified atom stereocenters. The second-order valence-electron chi connectivity index (χ2n) is 5.73. The summed E-state index contributed by atoms with van der Waals surface area (Å²) in [5, 5.41) is 3.75. The van der Waals surface area contributed by atoms with E-state index in [9.17, 15) is 4.79 Å². The molecule has 1 N–H and O–H groups in total. The monoisotopic (exact) mass is 367 g/mol. The molecule has 126 valence electrons. The highest BCUT2D eigenvalue weighted by atomic mass is 35.5. The molecule has 0 heterocycles. The van der Waals surface area contributed by atoms with Crippen molar-refractivity contribution in [2.75, 3.05) is 5.32 Å². The first-order chi connectivity index (χ1) is 12.1. The van der Waals surface area contributed by atoms with E-state index in [-0.39, 0.29) is 5.91 Å². The summed E-state index contributed by atoms with van der Waals surface area (Å²) in [6, 6.07) is 23.3. The number of anilines is 1. The van der Waals surface area contributed by atoms with E-state index in [0.29, 0.717) is 5.56 Å². The van der Waals surface area contributed by atoms with Crippen molar-refractivity contribution >= 4 is 35.0 Å². The van der Waals surface area contributed by atoms with Crippen LogP contribution in [0, 0.1) is 6.92 Å². The van der Waals surface area contributed by atoms with Crippen molar-refractivity contribution in [3.05, 3.63) is 94.5 Å². The van der Waals surface area contributed by atoms with Gasteiger partial charge in [0, 0.05) is 21.2 Å². The number of rotatable bonds is 5. The number of nitrogens with one attached hydrogen (secondary N) is 1. The van der Waals surface area contributed by atoms with Crippen molar-refractivity contribution in [2.45, 2.75) is 17.6 Å². The van der Waals surface area contributed by atoms with Crippen molar-refractivity contribution in [1.82, 2.24) is 0 Å². The van der Waals surface area contributed by atoms with Crippen LogP contribution in [0.1, 0.15) is 21.5 Å². The number of carbonyl (C=O) groups is 1. The second kappa shape index (κ2) is 8.24. The van der Waals surface area contributed by atoms with Crippen LogP contribution in [-0.4, -0.2) is 5.91 Å². The lowest BCUT2D eigenvalue weighted by Gasteiger charge is -2.11. The van der Waals surface area contributed by atoms with Crippen LogP contribution < -0.4 is 5.32 Å². The summed E-state index contributed by atoms with van der Waals surface area (Å²) in [6.07, 6.45) is 0. The SMILES string of the molecule is Cc1cccc(C(=O)Nc2ccccc2SCc2ccc(Cl)cc2)c1. The van der Waals surface area contributed by atoms with Crippen LogP contribution in [0.15, 0.2) is 77.7 Å². The van der Waals surface area contributed by atoms with Gasteiger partial charge in [-0.15, -0.1) is 11.8 Å². The van der Waals surface area contributed by atoms with Crippen molar-refractivity contribution in [3.63, 3.8) is 0 Å². The minimum absolute atomic E-state index is 0.0942. The zero-order chi connectivity index (χ0) is 17.6. The zero-order valence-corrected chi connectivity index (χ0v) is 15.4. The summed E-state index contributed by atoms with van der Waals surface area (Å²) < 4.78 is 0. The predicted octanol–water partition coefficient (Wildman–Crippen LogP) is 6.19. The molecule has 0 saturated carbocycles. The molecule has 0 spiro atoms. The molecule has 0 fully saturated rings. The summed E-state index contributed by atoms with van der Waals surface area (Å²) in [5.41, 5.74) is 3.75. The fraction of sp³-hybridized carbons (Fsp3) is 0.0952. The number of benzene rings is 3. The maximum absolute atomic E-state index is 12.5. The highest BCUT2D eigenvalue weighted by Crippen LogP contribution is 2.30. The molecule has 25 heavy (non-hydrogen) atoms. The second-order valence-corrected chi connectivity index (χ2v) is 7.19.